The number of nitrogens with one attached hydrogen (secondary N) is 1. The molecular weight excluding hydrogens is 246 g/mol. The van der Waals surface area contributed by atoms with Crippen LogP contribution in [0, 0.1) is 5.92 Å². The average molecular weight is 261 g/mol. The summed E-state index contributed by atoms with van der Waals surface area (Å²) in [5.74, 6) is 3.96. The molecule has 1 N–H and O–H groups in total. The molecule has 5 nitrogen and oxygen atoms in total. The Balaban J connectivity index is 1.71. The van der Waals surface area contributed by atoms with Gasteiger partial charge in [0.15, 0.2) is 0 Å². The van der Waals surface area contributed by atoms with Gasteiger partial charge in [-0.1, -0.05) is 23.3 Å². The van der Waals surface area contributed by atoms with Crippen LogP contribution in [0.4, 0.5) is 5.95 Å². The summed E-state index contributed by atoms with van der Waals surface area (Å²) < 4.78 is 1.74. The minimum Gasteiger partial charge on any atom is -0.352 e. The second-order valence-electron chi connectivity index (χ2n) is 4.36. The predicted octanol–water partition coefficient (Wildman–Crippen LogP) is 1.83. The molecule has 94 valence electrons. The first-order valence-electron chi connectivity index (χ1n) is 6.09. The van der Waals surface area contributed by atoms with Crippen LogP contribution >= 0.6 is 11.8 Å². The largest absolute Gasteiger partial charge is 0.352 e. The van der Waals surface area contributed by atoms with E-state index in [1.54, 1.807) is 4.68 Å². The van der Waals surface area contributed by atoms with Gasteiger partial charge in [0.05, 0.1) is 5.69 Å². The van der Waals surface area contributed by atoms with E-state index in [1.165, 1.54) is 17.9 Å². The summed E-state index contributed by atoms with van der Waals surface area (Å²) in [6.45, 7) is 0.945. The molecule has 0 amide bonds. The Morgan fingerprint density at radius 3 is 3.00 bits per heavy atom. The maximum atomic E-state index is 4.04. The predicted molar refractivity (Wildman–Crippen MR) is 73.1 cm³/mol. The van der Waals surface area contributed by atoms with E-state index in [0.717, 1.165) is 24.1 Å². The smallest absolute Gasteiger partial charge is 0.247 e. The molecule has 18 heavy (non-hydrogen) atoms. The molecule has 2 aromatic rings. The van der Waals surface area contributed by atoms with E-state index in [2.05, 4.69) is 20.8 Å². The van der Waals surface area contributed by atoms with Crippen molar-refractivity contribution in [1.29, 1.82) is 0 Å². The van der Waals surface area contributed by atoms with Crippen LogP contribution in [-0.2, 0) is 0 Å². The van der Waals surface area contributed by atoms with Gasteiger partial charge >= 0.3 is 0 Å². The third-order valence-electron chi connectivity index (χ3n) is 3.04. The van der Waals surface area contributed by atoms with Crippen molar-refractivity contribution in [2.75, 3.05) is 23.4 Å². The standard InChI is InChI=1S/C12H15N5S/c1-2-4-11(5-3-1)17-12(14-15-16-17)13-8-10-6-7-18-9-10/h1-5,10H,6-9H2,(H,13,14,16). The molecule has 1 aromatic carbocycles. The number of thioether (sulfide) groups is 1. The van der Waals surface area contributed by atoms with Gasteiger partial charge in [0.2, 0.25) is 5.95 Å². The van der Waals surface area contributed by atoms with Gasteiger partial charge in [-0.3, -0.25) is 0 Å². The first kappa shape index (κ1) is 11.5. The number of benzene rings is 1. The highest BCUT2D eigenvalue weighted by Crippen LogP contribution is 2.23. The second-order valence-corrected chi connectivity index (χ2v) is 5.51. The molecule has 6 heteroatoms. The van der Waals surface area contributed by atoms with E-state index in [0.29, 0.717) is 0 Å². The van der Waals surface area contributed by atoms with Crippen molar-refractivity contribution in [3.05, 3.63) is 30.3 Å². The van der Waals surface area contributed by atoms with Crippen molar-refractivity contribution in [3.63, 3.8) is 0 Å². The fourth-order valence-electron chi connectivity index (χ4n) is 2.02. The molecular formula is C12H15N5S. The Kier molecular flexibility index (Phi) is 3.45. The van der Waals surface area contributed by atoms with Crippen LogP contribution in [0.15, 0.2) is 30.3 Å². The molecule has 0 saturated carbocycles. The molecule has 3 rings (SSSR count). The third kappa shape index (κ3) is 2.48. The van der Waals surface area contributed by atoms with Crippen molar-refractivity contribution >= 4 is 17.7 Å². The molecule has 1 aromatic heterocycles. The summed E-state index contributed by atoms with van der Waals surface area (Å²) in [7, 11) is 0. The fourth-order valence-corrected chi connectivity index (χ4v) is 3.30. The number of rotatable bonds is 4. The van der Waals surface area contributed by atoms with Gasteiger partial charge in [-0.15, -0.1) is 0 Å². The van der Waals surface area contributed by atoms with Gasteiger partial charge in [0, 0.05) is 6.54 Å². The number of nitrogens with zero attached hydrogens (tertiary/aromatic N) is 4. The highest BCUT2D eigenvalue weighted by Gasteiger charge is 2.16. The number of para-hydroxylation sites is 1. The van der Waals surface area contributed by atoms with Crippen LogP contribution in [0.2, 0.25) is 0 Å². The fraction of sp³-hybridized carbons (Fsp3) is 0.417. The molecule has 0 aliphatic carbocycles. The second kappa shape index (κ2) is 5.39. The zero-order valence-electron chi connectivity index (χ0n) is 9.99. The molecule has 0 radical (unpaired) electrons. The van der Waals surface area contributed by atoms with Crippen LogP contribution in [0.5, 0.6) is 0 Å². The minimum atomic E-state index is 0.720. The van der Waals surface area contributed by atoms with E-state index >= 15 is 0 Å². The molecule has 0 spiro atoms. The summed E-state index contributed by atoms with van der Waals surface area (Å²) in [5, 5.41) is 15.1. The number of hydrogen-bond donors (Lipinski definition) is 1. The molecule has 1 aliphatic heterocycles. The molecule has 2 heterocycles. The van der Waals surface area contributed by atoms with Crippen molar-refractivity contribution < 1.29 is 0 Å². The Bertz CT molecular complexity index is 492. The zero-order valence-corrected chi connectivity index (χ0v) is 10.8. The number of hydrogen-bond acceptors (Lipinski definition) is 5. The SMILES string of the molecule is c1ccc(-n2nnnc2NCC2CCSC2)cc1. The average Bonchev–Trinajstić information content (AvgIpc) is 3.09. The zero-order chi connectivity index (χ0) is 12.2. The normalized spacial score (nSPS) is 19.0. The molecule has 1 atom stereocenters. The number of tetrazole rings is 1. The lowest BCUT2D eigenvalue weighted by atomic mass is 10.1. The van der Waals surface area contributed by atoms with Crippen molar-refractivity contribution in [1.82, 2.24) is 20.2 Å². The van der Waals surface area contributed by atoms with Crippen LogP contribution in [0.3, 0.4) is 0 Å². The lowest BCUT2D eigenvalue weighted by Gasteiger charge is -2.10. The summed E-state index contributed by atoms with van der Waals surface area (Å²) in [6, 6.07) is 9.93. The van der Waals surface area contributed by atoms with E-state index in [9.17, 15) is 0 Å². The summed E-state index contributed by atoms with van der Waals surface area (Å²) in [5.41, 5.74) is 0.978. The van der Waals surface area contributed by atoms with E-state index in [4.69, 9.17) is 0 Å². The first-order chi connectivity index (χ1) is 8.93. The van der Waals surface area contributed by atoms with Gasteiger partial charge in [-0.25, -0.2) is 0 Å². The number of aromatic nitrogens is 4. The van der Waals surface area contributed by atoms with Crippen LogP contribution in [-0.4, -0.2) is 38.3 Å². The van der Waals surface area contributed by atoms with E-state index < -0.39 is 0 Å². The van der Waals surface area contributed by atoms with Crippen LogP contribution in [0.25, 0.3) is 5.69 Å². The maximum Gasteiger partial charge on any atom is 0.247 e. The Morgan fingerprint density at radius 2 is 2.22 bits per heavy atom. The van der Waals surface area contributed by atoms with Crippen molar-refractivity contribution in [2.24, 2.45) is 5.92 Å². The van der Waals surface area contributed by atoms with Crippen LogP contribution < -0.4 is 5.32 Å². The highest BCUT2D eigenvalue weighted by molar-refractivity contribution is 7.99. The topological polar surface area (TPSA) is 55.6 Å². The Labute approximate surface area is 110 Å². The van der Waals surface area contributed by atoms with Gasteiger partial charge in [-0.2, -0.15) is 16.4 Å². The van der Waals surface area contributed by atoms with Crippen LogP contribution in [0.1, 0.15) is 6.42 Å². The van der Waals surface area contributed by atoms with Gasteiger partial charge in [0.1, 0.15) is 0 Å². The molecule has 1 fully saturated rings. The van der Waals surface area contributed by atoms with Crippen molar-refractivity contribution in [2.45, 2.75) is 6.42 Å². The molecule has 0 bridgehead atoms. The lowest BCUT2D eigenvalue weighted by Crippen LogP contribution is -2.16. The van der Waals surface area contributed by atoms with Gasteiger partial charge < -0.3 is 5.32 Å². The minimum absolute atomic E-state index is 0.720. The Hall–Kier alpha value is -1.56. The molecule has 1 unspecified atom stereocenters. The first-order valence-corrected chi connectivity index (χ1v) is 7.24. The molecule has 1 aliphatic rings. The molecule has 1 saturated heterocycles. The van der Waals surface area contributed by atoms with Crippen molar-refractivity contribution in [3.8, 4) is 5.69 Å². The summed E-state index contributed by atoms with van der Waals surface area (Å²) in [4.78, 5) is 0. The Morgan fingerprint density at radius 1 is 1.33 bits per heavy atom. The van der Waals surface area contributed by atoms with Gasteiger partial charge in [0.25, 0.3) is 0 Å². The van der Waals surface area contributed by atoms with Gasteiger partial charge in [-0.05, 0) is 46.4 Å². The van der Waals surface area contributed by atoms with E-state index in [1.807, 2.05) is 42.1 Å². The van der Waals surface area contributed by atoms with E-state index in [-0.39, 0.29) is 0 Å². The highest BCUT2D eigenvalue weighted by atomic mass is 32.2. The number of anilines is 1. The summed E-state index contributed by atoms with van der Waals surface area (Å²) >= 11 is 2.02. The monoisotopic (exact) mass is 261 g/mol. The third-order valence-corrected chi connectivity index (χ3v) is 4.27. The quantitative estimate of drug-likeness (QED) is 0.910. The maximum absolute atomic E-state index is 4.04. The lowest BCUT2D eigenvalue weighted by molar-refractivity contribution is 0.627. The summed E-state index contributed by atoms with van der Waals surface area (Å²) in [6.07, 6.45) is 1.28.